The third-order valence-corrected chi connectivity index (χ3v) is 6.35. The number of hydrogen-bond donors (Lipinski definition) is 2. The molecule has 0 saturated carbocycles. The SMILES string of the molecule is CCOC(=O)C1=C(CSc2nnc(N3CCOCC3)n2CC(C)C)NC(=O)NC1c1ccco1. The summed E-state index contributed by atoms with van der Waals surface area (Å²) >= 11 is 1.41. The van der Waals surface area contributed by atoms with E-state index in [-0.39, 0.29) is 6.61 Å². The lowest BCUT2D eigenvalue weighted by atomic mass is 10.0. The quantitative estimate of drug-likeness (QED) is 0.402. The molecule has 34 heavy (non-hydrogen) atoms. The number of ether oxygens (including phenoxy) is 2. The first-order valence-electron chi connectivity index (χ1n) is 11.4. The van der Waals surface area contributed by atoms with Crippen LogP contribution >= 0.6 is 11.8 Å². The van der Waals surface area contributed by atoms with Crippen LogP contribution in [0.3, 0.4) is 0 Å². The predicted molar refractivity (Wildman–Crippen MR) is 125 cm³/mol. The molecule has 184 valence electrons. The monoisotopic (exact) mass is 490 g/mol. The second kappa shape index (κ2) is 11.0. The first-order chi connectivity index (χ1) is 16.5. The zero-order chi connectivity index (χ0) is 24.1. The molecule has 1 atom stereocenters. The molecule has 4 heterocycles. The van der Waals surface area contributed by atoms with Crippen LogP contribution in [-0.4, -0.2) is 65.4 Å². The first kappa shape index (κ1) is 24.1. The van der Waals surface area contributed by atoms with E-state index in [2.05, 4.69) is 44.1 Å². The molecule has 0 aliphatic carbocycles. The molecule has 11 nitrogen and oxygen atoms in total. The second-order valence-corrected chi connectivity index (χ2v) is 9.28. The van der Waals surface area contributed by atoms with E-state index in [1.165, 1.54) is 18.0 Å². The number of urea groups is 1. The molecule has 4 rings (SSSR count). The molecule has 0 radical (unpaired) electrons. The Hall–Kier alpha value is -2.99. The maximum atomic E-state index is 12.9. The minimum atomic E-state index is -0.740. The number of rotatable bonds is 9. The van der Waals surface area contributed by atoms with E-state index < -0.39 is 18.0 Å². The van der Waals surface area contributed by atoms with Crippen LogP contribution in [0.25, 0.3) is 0 Å². The molecule has 1 fully saturated rings. The van der Waals surface area contributed by atoms with E-state index in [0.717, 1.165) is 25.6 Å². The summed E-state index contributed by atoms with van der Waals surface area (Å²) < 4.78 is 18.4. The maximum absolute atomic E-state index is 12.9. The van der Waals surface area contributed by atoms with E-state index >= 15 is 0 Å². The summed E-state index contributed by atoms with van der Waals surface area (Å²) in [6.45, 7) is 9.80. The van der Waals surface area contributed by atoms with Crippen molar-refractivity contribution in [1.29, 1.82) is 0 Å². The van der Waals surface area contributed by atoms with Gasteiger partial charge in [0.25, 0.3) is 0 Å². The number of morpholine rings is 1. The van der Waals surface area contributed by atoms with Gasteiger partial charge in [0.15, 0.2) is 5.16 Å². The van der Waals surface area contributed by atoms with Crippen molar-refractivity contribution in [3.05, 3.63) is 35.4 Å². The molecular weight excluding hydrogens is 460 g/mol. The van der Waals surface area contributed by atoms with Crippen molar-refractivity contribution < 1.29 is 23.5 Å². The topological polar surface area (TPSA) is 124 Å². The lowest BCUT2D eigenvalue weighted by molar-refractivity contribution is -0.139. The number of carbonyl (C=O) groups is 2. The van der Waals surface area contributed by atoms with Gasteiger partial charge in [0.2, 0.25) is 5.95 Å². The van der Waals surface area contributed by atoms with Crippen LogP contribution in [0, 0.1) is 5.92 Å². The fraction of sp³-hybridized carbons (Fsp3) is 0.545. The molecule has 2 aliphatic heterocycles. The van der Waals surface area contributed by atoms with Crippen molar-refractivity contribution in [2.45, 2.75) is 38.5 Å². The first-order valence-corrected chi connectivity index (χ1v) is 12.4. The Morgan fingerprint density at radius 1 is 1.32 bits per heavy atom. The maximum Gasteiger partial charge on any atom is 0.338 e. The van der Waals surface area contributed by atoms with Crippen LogP contribution in [0.4, 0.5) is 10.7 Å². The number of hydrogen-bond acceptors (Lipinski definition) is 9. The van der Waals surface area contributed by atoms with Crippen molar-refractivity contribution >= 4 is 29.7 Å². The molecule has 0 spiro atoms. The van der Waals surface area contributed by atoms with Crippen molar-refractivity contribution in [3.8, 4) is 0 Å². The van der Waals surface area contributed by atoms with Gasteiger partial charge in [0.1, 0.15) is 11.8 Å². The Labute approximate surface area is 202 Å². The number of esters is 1. The third kappa shape index (κ3) is 5.39. The van der Waals surface area contributed by atoms with Crippen LogP contribution in [0.2, 0.25) is 0 Å². The third-order valence-electron chi connectivity index (χ3n) is 5.36. The van der Waals surface area contributed by atoms with Gasteiger partial charge in [-0.3, -0.25) is 4.57 Å². The van der Waals surface area contributed by atoms with Gasteiger partial charge in [0.05, 0.1) is 31.7 Å². The van der Waals surface area contributed by atoms with Gasteiger partial charge in [0, 0.05) is 31.1 Å². The summed E-state index contributed by atoms with van der Waals surface area (Å²) in [7, 11) is 0. The van der Waals surface area contributed by atoms with Crippen molar-refractivity contribution in [3.63, 3.8) is 0 Å². The van der Waals surface area contributed by atoms with E-state index in [1.807, 2.05) is 0 Å². The molecule has 12 heteroatoms. The summed E-state index contributed by atoms with van der Waals surface area (Å²) in [6.07, 6.45) is 1.50. The molecule has 2 aliphatic rings. The van der Waals surface area contributed by atoms with Gasteiger partial charge >= 0.3 is 12.0 Å². The molecule has 0 bridgehead atoms. The largest absolute Gasteiger partial charge is 0.467 e. The molecule has 1 saturated heterocycles. The van der Waals surface area contributed by atoms with E-state index in [0.29, 0.717) is 47.1 Å². The smallest absolute Gasteiger partial charge is 0.338 e. The van der Waals surface area contributed by atoms with Crippen LogP contribution < -0.4 is 15.5 Å². The Kier molecular flexibility index (Phi) is 7.78. The van der Waals surface area contributed by atoms with Gasteiger partial charge in [-0.05, 0) is 25.0 Å². The fourth-order valence-corrected chi connectivity index (χ4v) is 4.81. The Morgan fingerprint density at radius 2 is 2.12 bits per heavy atom. The van der Waals surface area contributed by atoms with Crippen molar-refractivity contribution in [1.82, 2.24) is 25.4 Å². The average Bonchev–Trinajstić information content (AvgIpc) is 3.48. The highest BCUT2D eigenvalue weighted by Crippen LogP contribution is 2.31. The Morgan fingerprint density at radius 3 is 2.79 bits per heavy atom. The van der Waals surface area contributed by atoms with Gasteiger partial charge in [-0.15, -0.1) is 10.2 Å². The Bertz CT molecular complexity index is 1030. The highest BCUT2D eigenvalue weighted by molar-refractivity contribution is 7.99. The molecule has 2 N–H and O–H groups in total. The fourth-order valence-electron chi connectivity index (χ4n) is 3.90. The van der Waals surface area contributed by atoms with E-state index in [1.54, 1.807) is 19.1 Å². The summed E-state index contributed by atoms with van der Waals surface area (Å²) in [5.41, 5.74) is 0.771. The van der Waals surface area contributed by atoms with Crippen molar-refractivity contribution in [2.75, 3.05) is 43.6 Å². The zero-order valence-electron chi connectivity index (χ0n) is 19.6. The molecule has 2 amide bonds. The summed E-state index contributed by atoms with van der Waals surface area (Å²) in [5.74, 6) is 1.44. The van der Waals surface area contributed by atoms with Gasteiger partial charge in [-0.1, -0.05) is 25.6 Å². The lowest BCUT2D eigenvalue weighted by Crippen LogP contribution is -2.46. The number of nitrogens with one attached hydrogen (secondary N) is 2. The molecule has 1 unspecified atom stereocenters. The minimum Gasteiger partial charge on any atom is -0.467 e. The number of thioether (sulfide) groups is 1. The molecule has 0 aromatic carbocycles. The van der Waals surface area contributed by atoms with Gasteiger partial charge < -0.3 is 29.4 Å². The van der Waals surface area contributed by atoms with Crippen LogP contribution in [-0.2, 0) is 20.8 Å². The van der Waals surface area contributed by atoms with Gasteiger partial charge in [-0.2, -0.15) is 0 Å². The molecule has 2 aromatic rings. The highest BCUT2D eigenvalue weighted by atomic mass is 32.2. The molecular formula is C22H30N6O5S. The number of anilines is 1. The summed E-state index contributed by atoms with van der Waals surface area (Å²) in [4.78, 5) is 27.5. The number of amides is 2. The predicted octanol–water partition coefficient (Wildman–Crippen LogP) is 2.33. The summed E-state index contributed by atoms with van der Waals surface area (Å²) in [5, 5.41) is 15.1. The van der Waals surface area contributed by atoms with E-state index in [9.17, 15) is 9.59 Å². The lowest BCUT2D eigenvalue weighted by Gasteiger charge is -2.29. The minimum absolute atomic E-state index is 0.215. The van der Waals surface area contributed by atoms with Crippen LogP contribution in [0.15, 0.2) is 39.2 Å². The van der Waals surface area contributed by atoms with Crippen LogP contribution in [0.5, 0.6) is 0 Å². The summed E-state index contributed by atoms with van der Waals surface area (Å²) in [6, 6.07) is 2.27. The number of furan rings is 1. The zero-order valence-corrected chi connectivity index (χ0v) is 20.4. The normalized spacial score (nSPS) is 18.8. The average molecular weight is 491 g/mol. The number of carbonyl (C=O) groups excluding carboxylic acids is 2. The van der Waals surface area contributed by atoms with Crippen LogP contribution in [0.1, 0.15) is 32.6 Å². The second-order valence-electron chi connectivity index (χ2n) is 8.33. The van der Waals surface area contributed by atoms with Crippen molar-refractivity contribution in [2.24, 2.45) is 5.92 Å². The standard InChI is InChI=1S/C22H30N6O5S/c1-4-32-19(29)17-15(23-20(30)24-18(17)16-6-5-9-33-16)13-34-22-26-25-21(28(22)12-14(2)3)27-7-10-31-11-8-27/h5-6,9,14,18H,4,7-8,10-13H2,1-3H3,(H2,23,24,30). The number of aromatic nitrogens is 3. The van der Waals surface area contributed by atoms with E-state index in [4.69, 9.17) is 13.9 Å². The Balaban J connectivity index is 1.63. The number of nitrogens with zero attached hydrogens (tertiary/aromatic N) is 4. The van der Waals surface area contributed by atoms with Gasteiger partial charge in [-0.25, -0.2) is 9.59 Å². The highest BCUT2D eigenvalue weighted by Gasteiger charge is 2.35. The molecule has 2 aromatic heterocycles.